The lowest BCUT2D eigenvalue weighted by molar-refractivity contribution is 0.864. The second kappa shape index (κ2) is 6.34. The summed E-state index contributed by atoms with van der Waals surface area (Å²) in [6.07, 6.45) is 1.78. The number of nitrogens with zero attached hydrogens (tertiary/aromatic N) is 4. The highest BCUT2D eigenvalue weighted by Gasteiger charge is 2.08. The Labute approximate surface area is 120 Å². The van der Waals surface area contributed by atoms with Crippen LogP contribution in [0.25, 0.3) is 0 Å². The molecule has 2 N–H and O–H groups in total. The summed E-state index contributed by atoms with van der Waals surface area (Å²) in [7, 11) is 5.89. The largest absolute Gasteiger partial charge is 0.355 e. The third-order valence-corrected chi connectivity index (χ3v) is 3.17. The smallest absolute Gasteiger partial charge is 0.226 e. The van der Waals surface area contributed by atoms with Crippen molar-refractivity contribution in [1.82, 2.24) is 9.97 Å². The molecule has 20 heavy (non-hydrogen) atoms. The molecule has 2 rings (SSSR count). The monoisotopic (exact) mass is 271 g/mol. The number of rotatable bonds is 5. The molecule has 0 saturated heterocycles. The van der Waals surface area contributed by atoms with Gasteiger partial charge in [-0.05, 0) is 17.2 Å². The molecule has 106 valence electrons. The third kappa shape index (κ3) is 3.24. The van der Waals surface area contributed by atoms with Crippen LogP contribution in [0.4, 0.5) is 11.8 Å². The molecule has 0 amide bonds. The minimum atomic E-state index is 0.552. The Kier molecular flexibility index (Phi) is 4.53. The fourth-order valence-corrected chi connectivity index (χ4v) is 2.01. The Bertz CT molecular complexity index is 568. The van der Waals surface area contributed by atoms with Gasteiger partial charge in [-0.1, -0.05) is 24.3 Å². The van der Waals surface area contributed by atoms with E-state index < -0.39 is 0 Å². The van der Waals surface area contributed by atoms with Crippen molar-refractivity contribution >= 4 is 11.8 Å². The molecule has 1 heterocycles. The van der Waals surface area contributed by atoms with Gasteiger partial charge in [-0.25, -0.2) is 4.98 Å². The van der Waals surface area contributed by atoms with Crippen LogP contribution in [0.1, 0.15) is 11.1 Å². The van der Waals surface area contributed by atoms with Crippen molar-refractivity contribution < 1.29 is 0 Å². The molecule has 2 aromatic rings. The Balaban J connectivity index is 2.19. The van der Waals surface area contributed by atoms with E-state index in [9.17, 15) is 0 Å². The lowest BCUT2D eigenvalue weighted by Gasteiger charge is -2.21. The number of nitrogens with two attached hydrogens (primary N) is 1. The lowest BCUT2D eigenvalue weighted by atomic mass is 10.1. The highest BCUT2D eigenvalue weighted by atomic mass is 15.3. The summed E-state index contributed by atoms with van der Waals surface area (Å²) in [4.78, 5) is 12.8. The first kappa shape index (κ1) is 14.3. The van der Waals surface area contributed by atoms with Gasteiger partial charge in [0.1, 0.15) is 5.82 Å². The number of aromatic nitrogens is 2. The highest BCUT2D eigenvalue weighted by molar-refractivity contribution is 5.43. The topological polar surface area (TPSA) is 58.3 Å². The van der Waals surface area contributed by atoms with Crippen LogP contribution >= 0.6 is 0 Å². The summed E-state index contributed by atoms with van der Waals surface area (Å²) in [6, 6.07) is 10.1. The van der Waals surface area contributed by atoms with E-state index in [1.807, 2.05) is 44.2 Å². The molecule has 0 radical (unpaired) electrons. The van der Waals surface area contributed by atoms with Crippen molar-refractivity contribution in [2.75, 3.05) is 30.9 Å². The van der Waals surface area contributed by atoms with Gasteiger partial charge >= 0.3 is 0 Å². The molecule has 0 spiro atoms. The van der Waals surface area contributed by atoms with Crippen molar-refractivity contribution in [2.45, 2.75) is 13.1 Å². The van der Waals surface area contributed by atoms with Crippen LogP contribution in [0.2, 0.25) is 0 Å². The molecule has 0 saturated carbocycles. The molecule has 0 aliphatic heterocycles. The number of benzene rings is 1. The fraction of sp³-hybridized carbons (Fsp3) is 0.333. The maximum atomic E-state index is 5.78. The van der Waals surface area contributed by atoms with Gasteiger partial charge < -0.3 is 15.5 Å². The summed E-state index contributed by atoms with van der Waals surface area (Å²) >= 11 is 0. The van der Waals surface area contributed by atoms with Crippen molar-refractivity contribution in [3.8, 4) is 0 Å². The molecule has 0 atom stereocenters. The molecule has 1 aromatic heterocycles. The first-order valence-electron chi connectivity index (χ1n) is 6.60. The summed E-state index contributed by atoms with van der Waals surface area (Å²) in [5.74, 6) is 1.61. The maximum Gasteiger partial charge on any atom is 0.226 e. The van der Waals surface area contributed by atoms with Gasteiger partial charge in [0.15, 0.2) is 0 Å². The molecular formula is C15H21N5. The second-order valence-corrected chi connectivity index (χ2v) is 4.94. The van der Waals surface area contributed by atoms with E-state index in [2.05, 4.69) is 27.0 Å². The molecule has 5 nitrogen and oxygen atoms in total. The molecular weight excluding hydrogens is 250 g/mol. The summed E-state index contributed by atoms with van der Waals surface area (Å²) < 4.78 is 0. The predicted octanol–water partition coefficient (Wildman–Crippen LogP) is 1.64. The van der Waals surface area contributed by atoms with E-state index in [0.29, 0.717) is 12.5 Å². The average Bonchev–Trinajstić information content (AvgIpc) is 2.48. The van der Waals surface area contributed by atoms with Gasteiger partial charge in [-0.2, -0.15) is 4.98 Å². The van der Waals surface area contributed by atoms with Gasteiger partial charge in [0, 0.05) is 40.4 Å². The van der Waals surface area contributed by atoms with E-state index in [0.717, 1.165) is 12.4 Å². The van der Waals surface area contributed by atoms with Crippen LogP contribution < -0.4 is 15.5 Å². The van der Waals surface area contributed by atoms with E-state index in [4.69, 9.17) is 5.73 Å². The number of hydrogen-bond acceptors (Lipinski definition) is 5. The fourth-order valence-electron chi connectivity index (χ4n) is 2.01. The van der Waals surface area contributed by atoms with Gasteiger partial charge in [0.05, 0.1) is 0 Å². The summed E-state index contributed by atoms with van der Waals surface area (Å²) in [5.41, 5.74) is 8.17. The molecule has 0 aliphatic rings. The molecule has 0 bridgehead atoms. The van der Waals surface area contributed by atoms with Crippen LogP contribution in [-0.4, -0.2) is 31.1 Å². The Hall–Kier alpha value is -2.14. The molecule has 0 fully saturated rings. The van der Waals surface area contributed by atoms with Crippen molar-refractivity contribution in [2.24, 2.45) is 5.73 Å². The third-order valence-electron chi connectivity index (χ3n) is 3.17. The lowest BCUT2D eigenvalue weighted by Crippen LogP contribution is -2.21. The van der Waals surface area contributed by atoms with E-state index in [1.165, 1.54) is 11.1 Å². The molecule has 0 aliphatic carbocycles. The number of anilines is 2. The average molecular weight is 271 g/mol. The van der Waals surface area contributed by atoms with Gasteiger partial charge in [0.25, 0.3) is 0 Å². The Morgan fingerprint density at radius 2 is 1.75 bits per heavy atom. The number of hydrogen-bond donors (Lipinski definition) is 1. The molecule has 5 heteroatoms. The van der Waals surface area contributed by atoms with Crippen molar-refractivity contribution in [3.05, 3.63) is 47.7 Å². The van der Waals surface area contributed by atoms with Gasteiger partial charge in [0.2, 0.25) is 5.95 Å². The van der Waals surface area contributed by atoms with Crippen LogP contribution in [0, 0.1) is 0 Å². The van der Waals surface area contributed by atoms with Crippen LogP contribution in [0.5, 0.6) is 0 Å². The van der Waals surface area contributed by atoms with E-state index in [-0.39, 0.29) is 0 Å². The Morgan fingerprint density at radius 1 is 1.05 bits per heavy atom. The highest BCUT2D eigenvalue weighted by Crippen LogP contribution is 2.17. The predicted molar refractivity (Wildman–Crippen MR) is 82.8 cm³/mol. The second-order valence-electron chi connectivity index (χ2n) is 4.94. The van der Waals surface area contributed by atoms with Crippen LogP contribution in [-0.2, 0) is 13.1 Å². The van der Waals surface area contributed by atoms with Crippen molar-refractivity contribution in [1.29, 1.82) is 0 Å². The Morgan fingerprint density at radius 3 is 2.40 bits per heavy atom. The zero-order valence-electron chi connectivity index (χ0n) is 12.2. The standard InChI is InChI=1S/C15H21N5/c1-19(2)15-17-9-8-14(18-15)20(3)11-13-7-5-4-6-12(13)10-16/h4-9H,10-11,16H2,1-3H3. The maximum absolute atomic E-state index is 5.78. The SMILES string of the molecule is CN(C)c1nccc(N(C)Cc2ccccc2CN)n1. The minimum absolute atomic E-state index is 0.552. The van der Waals surface area contributed by atoms with E-state index in [1.54, 1.807) is 6.20 Å². The normalized spacial score (nSPS) is 10.4. The van der Waals surface area contributed by atoms with Gasteiger partial charge in [-0.3, -0.25) is 0 Å². The molecule has 0 unspecified atom stereocenters. The zero-order valence-corrected chi connectivity index (χ0v) is 12.2. The van der Waals surface area contributed by atoms with E-state index >= 15 is 0 Å². The first-order valence-corrected chi connectivity index (χ1v) is 6.60. The zero-order chi connectivity index (χ0) is 14.5. The van der Waals surface area contributed by atoms with Gasteiger partial charge in [-0.15, -0.1) is 0 Å². The first-order chi connectivity index (χ1) is 9.61. The van der Waals surface area contributed by atoms with Crippen LogP contribution in [0.15, 0.2) is 36.5 Å². The summed E-state index contributed by atoms with van der Waals surface area (Å²) in [6.45, 7) is 1.33. The quantitative estimate of drug-likeness (QED) is 0.896. The molecule has 1 aromatic carbocycles. The van der Waals surface area contributed by atoms with Crippen molar-refractivity contribution in [3.63, 3.8) is 0 Å². The van der Waals surface area contributed by atoms with Crippen LogP contribution in [0.3, 0.4) is 0 Å². The summed E-state index contributed by atoms with van der Waals surface area (Å²) in [5, 5.41) is 0. The minimum Gasteiger partial charge on any atom is -0.355 e.